The molecule has 0 saturated heterocycles. The summed E-state index contributed by atoms with van der Waals surface area (Å²) in [5.41, 5.74) is 3.19. The van der Waals surface area contributed by atoms with Gasteiger partial charge in [-0.1, -0.05) is 29.8 Å². The maximum atomic E-state index is 6.06. The van der Waals surface area contributed by atoms with Gasteiger partial charge in [-0.25, -0.2) is 4.98 Å². The van der Waals surface area contributed by atoms with Crippen molar-refractivity contribution in [3.8, 4) is 0 Å². The van der Waals surface area contributed by atoms with Crippen LogP contribution in [0.4, 0.5) is 0 Å². The number of halogens is 1. The van der Waals surface area contributed by atoms with E-state index in [0.29, 0.717) is 0 Å². The zero-order chi connectivity index (χ0) is 13.0. The third-order valence-corrected chi connectivity index (χ3v) is 3.87. The SMILES string of the molecule is Cn1c2ccccc2c2cc3cc(Cl)ccc3nc21. The average molecular weight is 267 g/mol. The van der Waals surface area contributed by atoms with Crippen LogP contribution in [0.2, 0.25) is 5.02 Å². The number of para-hydroxylation sites is 1. The Balaban J connectivity index is 2.28. The number of hydrogen-bond donors (Lipinski definition) is 0. The van der Waals surface area contributed by atoms with Gasteiger partial charge in [0.2, 0.25) is 0 Å². The second kappa shape index (κ2) is 3.72. The summed E-state index contributed by atoms with van der Waals surface area (Å²) < 4.78 is 2.14. The number of rotatable bonds is 0. The smallest absolute Gasteiger partial charge is 0.141 e. The Kier molecular flexibility index (Phi) is 2.12. The molecule has 0 N–H and O–H groups in total. The zero-order valence-electron chi connectivity index (χ0n) is 10.4. The van der Waals surface area contributed by atoms with Crippen molar-refractivity contribution in [3.05, 3.63) is 53.6 Å². The molecular weight excluding hydrogens is 256 g/mol. The standard InChI is InChI=1S/C16H11ClN2/c1-19-15-5-3-2-4-12(15)13-9-10-8-11(17)6-7-14(10)18-16(13)19/h2-9H,1H3. The summed E-state index contributed by atoms with van der Waals surface area (Å²) >= 11 is 6.06. The maximum absolute atomic E-state index is 6.06. The molecule has 2 aromatic carbocycles. The van der Waals surface area contributed by atoms with Crippen molar-refractivity contribution in [3.63, 3.8) is 0 Å². The molecule has 92 valence electrons. The highest BCUT2D eigenvalue weighted by Gasteiger charge is 2.10. The Morgan fingerprint density at radius 1 is 1.00 bits per heavy atom. The van der Waals surface area contributed by atoms with E-state index in [1.807, 2.05) is 18.2 Å². The lowest BCUT2D eigenvalue weighted by atomic mass is 10.1. The molecule has 3 heteroatoms. The lowest BCUT2D eigenvalue weighted by molar-refractivity contribution is 0.994. The summed E-state index contributed by atoms with van der Waals surface area (Å²) in [6, 6.07) is 16.4. The van der Waals surface area contributed by atoms with Crippen molar-refractivity contribution in [2.45, 2.75) is 0 Å². The second-order valence-corrected chi connectivity index (χ2v) is 5.21. The number of fused-ring (bicyclic) bond motifs is 4. The molecule has 0 aliphatic carbocycles. The molecule has 19 heavy (non-hydrogen) atoms. The molecule has 0 fully saturated rings. The first-order valence-corrected chi connectivity index (χ1v) is 6.55. The molecule has 2 nitrogen and oxygen atoms in total. The van der Waals surface area contributed by atoms with Crippen LogP contribution in [-0.2, 0) is 7.05 Å². The second-order valence-electron chi connectivity index (χ2n) is 4.77. The fourth-order valence-corrected chi connectivity index (χ4v) is 2.88. The van der Waals surface area contributed by atoms with E-state index in [2.05, 4.69) is 41.9 Å². The molecule has 4 rings (SSSR count). The normalized spacial score (nSPS) is 11.7. The van der Waals surface area contributed by atoms with E-state index in [0.717, 1.165) is 21.6 Å². The molecule has 0 atom stereocenters. The molecule has 0 spiro atoms. The van der Waals surface area contributed by atoms with E-state index < -0.39 is 0 Å². The molecule has 0 aliphatic rings. The van der Waals surface area contributed by atoms with Gasteiger partial charge in [0.25, 0.3) is 0 Å². The molecular formula is C16H11ClN2. The van der Waals surface area contributed by atoms with Gasteiger partial charge in [0.1, 0.15) is 5.65 Å². The monoisotopic (exact) mass is 266 g/mol. The van der Waals surface area contributed by atoms with Crippen LogP contribution in [0.1, 0.15) is 0 Å². The van der Waals surface area contributed by atoms with Crippen LogP contribution in [0.15, 0.2) is 48.5 Å². The van der Waals surface area contributed by atoms with Gasteiger partial charge in [0.05, 0.1) is 11.0 Å². The van der Waals surface area contributed by atoms with E-state index in [1.54, 1.807) is 0 Å². The molecule has 2 aromatic heterocycles. The summed E-state index contributed by atoms with van der Waals surface area (Å²) in [7, 11) is 2.05. The van der Waals surface area contributed by atoms with Crippen molar-refractivity contribution in [1.29, 1.82) is 0 Å². The van der Waals surface area contributed by atoms with Gasteiger partial charge in [-0.05, 0) is 30.3 Å². The first kappa shape index (κ1) is 10.8. The third kappa shape index (κ3) is 1.47. The molecule has 0 aliphatic heterocycles. The minimum Gasteiger partial charge on any atom is -0.328 e. The van der Waals surface area contributed by atoms with Crippen LogP contribution >= 0.6 is 11.6 Å². The van der Waals surface area contributed by atoms with Crippen molar-refractivity contribution in [1.82, 2.24) is 9.55 Å². The topological polar surface area (TPSA) is 17.8 Å². The largest absolute Gasteiger partial charge is 0.328 e. The number of benzene rings is 2. The van der Waals surface area contributed by atoms with Gasteiger partial charge >= 0.3 is 0 Å². The summed E-state index contributed by atoms with van der Waals surface area (Å²) in [4.78, 5) is 4.76. The van der Waals surface area contributed by atoms with Gasteiger partial charge < -0.3 is 4.57 Å². The van der Waals surface area contributed by atoms with E-state index in [9.17, 15) is 0 Å². The Bertz CT molecular complexity index is 938. The molecule has 0 radical (unpaired) electrons. The zero-order valence-corrected chi connectivity index (χ0v) is 11.1. The first-order valence-electron chi connectivity index (χ1n) is 6.17. The molecule has 0 unspecified atom stereocenters. The molecule has 2 heterocycles. The Labute approximate surface area is 115 Å². The number of aromatic nitrogens is 2. The Morgan fingerprint density at radius 3 is 2.74 bits per heavy atom. The number of nitrogens with zero attached hydrogens (tertiary/aromatic N) is 2. The van der Waals surface area contributed by atoms with Crippen LogP contribution < -0.4 is 0 Å². The maximum Gasteiger partial charge on any atom is 0.141 e. The van der Waals surface area contributed by atoms with Gasteiger partial charge in [-0.15, -0.1) is 0 Å². The lowest BCUT2D eigenvalue weighted by Crippen LogP contribution is -1.89. The van der Waals surface area contributed by atoms with Gasteiger partial charge in [-0.3, -0.25) is 0 Å². The summed E-state index contributed by atoms with van der Waals surface area (Å²) in [6.45, 7) is 0. The van der Waals surface area contributed by atoms with Gasteiger partial charge in [0, 0.05) is 28.2 Å². The fourth-order valence-electron chi connectivity index (χ4n) is 2.70. The van der Waals surface area contributed by atoms with Crippen LogP contribution in [0.25, 0.3) is 32.8 Å². The molecule has 4 aromatic rings. The quantitative estimate of drug-likeness (QED) is 0.457. The molecule has 0 amide bonds. The highest BCUT2D eigenvalue weighted by Crippen LogP contribution is 2.30. The minimum absolute atomic E-state index is 0.744. The summed E-state index contributed by atoms with van der Waals surface area (Å²) in [5, 5.41) is 4.23. The van der Waals surface area contributed by atoms with Crippen molar-refractivity contribution >= 4 is 44.4 Å². The van der Waals surface area contributed by atoms with Crippen molar-refractivity contribution < 1.29 is 0 Å². The number of aryl methyl sites for hydroxylation is 1. The molecule has 0 saturated carbocycles. The Morgan fingerprint density at radius 2 is 1.84 bits per heavy atom. The average Bonchev–Trinajstić information content (AvgIpc) is 2.70. The van der Waals surface area contributed by atoms with E-state index >= 15 is 0 Å². The summed E-state index contributed by atoms with van der Waals surface area (Å²) in [6.07, 6.45) is 0. The number of pyridine rings is 1. The fraction of sp³-hybridized carbons (Fsp3) is 0.0625. The summed E-state index contributed by atoms with van der Waals surface area (Å²) in [5.74, 6) is 0. The first-order chi connectivity index (χ1) is 9.24. The lowest BCUT2D eigenvalue weighted by Gasteiger charge is -2.00. The third-order valence-electron chi connectivity index (χ3n) is 3.63. The van der Waals surface area contributed by atoms with E-state index in [1.165, 1.54) is 16.3 Å². The van der Waals surface area contributed by atoms with Crippen LogP contribution in [0.3, 0.4) is 0 Å². The van der Waals surface area contributed by atoms with Crippen LogP contribution in [0.5, 0.6) is 0 Å². The van der Waals surface area contributed by atoms with Gasteiger partial charge in [-0.2, -0.15) is 0 Å². The van der Waals surface area contributed by atoms with Crippen LogP contribution in [0, 0.1) is 0 Å². The van der Waals surface area contributed by atoms with Gasteiger partial charge in [0.15, 0.2) is 0 Å². The van der Waals surface area contributed by atoms with Crippen molar-refractivity contribution in [2.24, 2.45) is 7.05 Å². The highest BCUT2D eigenvalue weighted by atomic mass is 35.5. The predicted molar refractivity (Wildman–Crippen MR) is 80.7 cm³/mol. The van der Waals surface area contributed by atoms with E-state index in [4.69, 9.17) is 16.6 Å². The molecule has 0 bridgehead atoms. The predicted octanol–water partition coefficient (Wildman–Crippen LogP) is 4.53. The van der Waals surface area contributed by atoms with E-state index in [-0.39, 0.29) is 0 Å². The number of hydrogen-bond acceptors (Lipinski definition) is 1. The minimum atomic E-state index is 0.744. The van der Waals surface area contributed by atoms with Crippen molar-refractivity contribution in [2.75, 3.05) is 0 Å². The highest BCUT2D eigenvalue weighted by molar-refractivity contribution is 6.31. The van der Waals surface area contributed by atoms with Crippen LogP contribution in [-0.4, -0.2) is 9.55 Å². The Hall–Kier alpha value is -2.06.